The van der Waals surface area contributed by atoms with Crippen LogP contribution in [0.5, 0.6) is 0 Å². The Balaban J connectivity index is 1.93. The van der Waals surface area contributed by atoms with Crippen LogP contribution in [0, 0.1) is 0 Å². The minimum atomic E-state index is -0.917. The summed E-state index contributed by atoms with van der Waals surface area (Å²) in [6.07, 6.45) is -0.568. The summed E-state index contributed by atoms with van der Waals surface area (Å²) >= 11 is 0. The van der Waals surface area contributed by atoms with Crippen molar-refractivity contribution in [1.82, 2.24) is 4.90 Å². The predicted octanol–water partition coefficient (Wildman–Crippen LogP) is 0.966. The highest BCUT2D eigenvalue weighted by Crippen LogP contribution is 2.17. The third kappa shape index (κ3) is 3.53. The van der Waals surface area contributed by atoms with E-state index >= 15 is 0 Å². The monoisotopic (exact) mass is 265 g/mol. The zero-order valence-electron chi connectivity index (χ0n) is 11.0. The number of aromatic carboxylic acids is 1. The van der Waals surface area contributed by atoms with E-state index in [2.05, 4.69) is 4.90 Å². The number of aliphatic hydroxyl groups is 1. The van der Waals surface area contributed by atoms with E-state index in [1.807, 2.05) is 19.1 Å². The SMILES string of the molecule is CCO[C@@H]1CN(Cc2ccc(C(=O)O)cc2)C[C@H]1O. The molecule has 0 radical (unpaired) electrons. The van der Waals surface area contributed by atoms with Crippen molar-refractivity contribution >= 4 is 5.97 Å². The normalized spacial score (nSPS) is 23.7. The van der Waals surface area contributed by atoms with Gasteiger partial charge in [-0.3, -0.25) is 4.90 Å². The Morgan fingerprint density at radius 1 is 1.37 bits per heavy atom. The smallest absolute Gasteiger partial charge is 0.335 e. The van der Waals surface area contributed by atoms with Crippen LogP contribution in [-0.2, 0) is 11.3 Å². The number of carboxylic acid groups (broad SMARTS) is 1. The van der Waals surface area contributed by atoms with Crippen LogP contribution < -0.4 is 0 Å². The van der Waals surface area contributed by atoms with Gasteiger partial charge >= 0.3 is 5.97 Å². The number of likely N-dealkylation sites (tertiary alicyclic amines) is 1. The summed E-state index contributed by atoms with van der Waals surface area (Å²) < 4.78 is 5.46. The third-order valence-corrected chi connectivity index (χ3v) is 3.30. The highest BCUT2D eigenvalue weighted by atomic mass is 16.5. The second kappa shape index (κ2) is 6.14. The fourth-order valence-electron chi connectivity index (χ4n) is 2.35. The number of hydrogen-bond donors (Lipinski definition) is 2. The summed E-state index contributed by atoms with van der Waals surface area (Å²) in [5.74, 6) is -0.917. The maximum absolute atomic E-state index is 10.8. The van der Waals surface area contributed by atoms with Crippen LogP contribution in [0.1, 0.15) is 22.8 Å². The molecule has 0 unspecified atom stereocenters. The lowest BCUT2D eigenvalue weighted by molar-refractivity contribution is -0.00245. The standard InChI is InChI=1S/C14H19NO4/c1-2-19-13-9-15(8-12(13)16)7-10-3-5-11(6-4-10)14(17)18/h3-6,12-13,16H,2,7-9H2,1H3,(H,17,18)/t12-,13-/m1/s1. The van der Waals surface area contributed by atoms with E-state index in [0.717, 1.165) is 5.56 Å². The van der Waals surface area contributed by atoms with Crippen molar-refractivity contribution in [3.05, 3.63) is 35.4 Å². The molecule has 2 atom stereocenters. The first-order valence-corrected chi connectivity index (χ1v) is 6.44. The number of carbonyl (C=O) groups is 1. The summed E-state index contributed by atoms with van der Waals surface area (Å²) in [5.41, 5.74) is 1.33. The lowest BCUT2D eigenvalue weighted by Crippen LogP contribution is -2.26. The maximum atomic E-state index is 10.8. The second-order valence-corrected chi connectivity index (χ2v) is 4.76. The van der Waals surface area contributed by atoms with E-state index in [-0.39, 0.29) is 11.7 Å². The molecule has 0 bridgehead atoms. The van der Waals surface area contributed by atoms with Crippen LogP contribution in [0.15, 0.2) is 24.3 Å². The lowest BCUT2D eigenvalue weighted by Gasteiger charge is -2.15. The molecule has 5 heteroatoms. The van der Waals surface area contributed by atoms with E-state index in [0.29, 0.717) is 26.2 Å². The van der Waals surface area contributed by atoms with Crippen molar-refractivity contribution in [1.29, 1.82) is 0 Å². The molecular weight excluding hydrogens is 246 g/mol. The first-order valence-electron chi connectivity index (χ1n) is 6.44. The Labute approximate surface area is 112 Å². The van der Waals surface area contributed by atoms with Crippen LogP contribution in [0.25, 0.3) is 0 Å². The molecule has 0 aliphatic carbocycles. The number of nitrogens with zero attached hydrogens (tertiary/aromatic N) is 1. The molecule has 1 aromatic carbocycles. The number of aliphatic hydroxyl groups excluding tert-OH is 1. The third-order valence-electron chi connectivity index (χ3n) is 3.30. The average Bonchev–Trinajstić information content (AvgIpc) is 2.71. The van der Waals surface area contributed by atoms with E-state index in [1.54, 1.807) is 12.1 Å². The molecule has 0 saturated carbocycles. The number of ether oxygens (including phenoxy) is 1. The molecule has 1 aliphatic heterocycles. The molecule has 1 aromatic rings. The fraction of sp³-hybridized carbons (Fsp3) is 0.500. The topological polar surface area (TPSA) is 70.0 Å². The largest absolute Gasteiger partial charge is 0.478 e. The van der Waals surface area contributed by atoms with Gasteiger partial charge in [-0.2, -0.15) is 0 Å². The minimum absolute atomic E-state index is 0.122. The van der Waals surface area contributed by atoms with Crippen molar-refractivity contribution in [3.8, 4) is 0 Å². The lowest BCUT2D eigenvalue weighted by atomic mass is 10.1. The van der Waals surface area contributed by atoms with E-state index in [4.69, 9.17) is 9.84 Å². The van der Waals surface area contributed by atoms with Gasteiger partial charge in [0, 0.05) is 26.2 Å². The summed E-state index contributed by atoms with van der Waals surface area (Å²) in [4.78, 5) is 12.9. The molecule has 2 rings (SSSR count). The molecule has 1 heterocycles. The van der Waals surface area contributed by atoms with Gasteiger partial charge in [0.25, 0.3) is 0 Å². The van der Waals surface area contributed by atoms with Crippen molar-refractivity contribution in [2.75, 3.05) is 19.7 Å². The minimum Gasteiger partial charge on any atom is -0.478 e. The Morgan fingerprint density at radius 2 is 2.05 bits per heavy atom. The second-order valence-electron chi connectivity index (χ2n) is 4.76. The number of hydrogen-bond acceptors (Lipinski definition) is 4. The quantitative estimate of drug-likeness (QED) is 0.830. The van der Waals surface area contributed by atoms with Gasteiger partial charge in [0.05, 0.1) is 17.8 Å². The molecule has 19 heavy (non-hydrogen) atoms. The Hall–Kier alpha value is -1.43. The van der Waals surface area contributed by atoms with E-state index < -0.39 is 12.1 Å². The molecule has 0 aromatic heterocycles. The average molecular weight is 265 g/mol. The van der Waals surface area contributed by atoms with Crippen molar-refractivity contribution < 1.29 is 19.7 Å². The fourth-order valence-corrected chi connectivity index (χ4v) is 2.35. The van der Waals surface area contributed by atoms with Gasteiger partial charge in [-0.15, -0.1) is 0 Å². The number of carboxylic acids is 1. The highest BCUT2D eigenvalue weighted by Gasteiger charge is 2.31. The molecule has 1 saturated heterocycles. The van der Waals surface area contributed by atoms with Crippen LogP contribution in [0.4, 0.5) is 0 Å². The first kappa shape index (κ1) is 14.0. The van der Waals surface area contributed by atoms with Crippen molar-refractivity contribution in [3.63, 3.8) is 0 Å². The van der Waals surface area contributed by atoms with Gasteiger partial charge < -0.3 is 14.9 Å². The van der Waals surface area contributed by atoms with Gasteiger partial charge in [0.1, 0.15) is 0 Å². The molecular formula is C14H19NO4. The summed E-state index contributed by atoms with van der Waals surface area (Å²) in [6, 6.07) is 6.82. The summed E-state index contributed by atoms with van der Waals surface area (Å²) in [5, 5.41) is 18.7. The highest BCUT2D eigenvalue weighted by molar-refractivity contribution is 5.87. The summed E-state index contributed by atoms with van der Waals surface area (Å²) in [6.45, 7) is 4.50. The van der Waals surface area contributed by atoms with Gasteiger partial charge in [-0.25, -0.2) is 4.79 Å². The van der Waals surface area contributed by atoms with E-state index in [9.17, 15) is 9.90 Å². The Morgan fingerprint density at radius 3 is 2.63 bits per heavy atom. The molecule has 0 spiro atoms. The first-order chi connectivity index (χ1) is 9.10. The van der Waals surface area contributed by atoms with Crippen LogP contribution in [0.2, 0.25) is 0 Å². The zero-order chi connectivity index (χ0) is 13.8. The van der Waals surface area contributed by atoms with E-state index in [1.165, 1.54) is 0 Å². The van der Waals surface area contributed by atoms with Gasteiger partial charge in [-0.05, 0) is 24.6 Å². The Bertz CT molecular complexity index is 432. The molecule has 5 nitrogen and oxygen atoms in total. The van der Waals surface area contributed by atoms with Gasteiger partial charge in [0.2, 0.25) is 0 Å². The predicted molar refractivity (Wildman–Crippen MR) is 70.1 cm³/mol. The summed E-state index contributed by atoms with van der Waals surface area (Å²) in [7, 11) is 0. The molecule has 0 amide bonds. The molecule has 2 N–H and O–H groups in total. The van der Waals surface area contributed by atoms with Crippen molar-refractivity contribution in [2.45, 2.75) is 25.7 Å². The molecule has 1 fully saturated rings. The number of rotatable bonds is 5. The van der Waals surface area contributed by atoms with Gasteiger partial charge in [0.15, 0.2) is 0 Å². The zero-order valence-corrected chi connectivity index (χ0v) is 11.0. The van der Waals surface area contributed by atoms with Gasteiger partial charge in [-0.1, -0.05) is 12.1 Å². The Kier molecular flexibility index (Phi) is 4.52. The number of β-amino-alcohol motifs (C(OH)–C–C–N with tert-alkyl or cyclic N) is 1. The van der Waals surface area contributed by atoms with Crippen LogP contribution in [-0.4, -0.2) is 53.0 Å². The maximum Gasteiger partial charge on any atom is 0.335 e. The molecule has 1 aliphatic rings. The number of benzene rings is 1. The molecule has 104 valence electrons. The van der Waals surface area contributed by atoms with Crippen LogP contribution in [0.3, 0.4) is 0 Å². The van der Waals surface area contributed by atoms with Crippen molar-refractivity contribution in [2.24, 2.45) is 0 Å². The van der Waals surface area contributed by atoms with Crippen LogP contribution >= 0.6 is 0 Å².